The molecule has 142 valence electrons. The van der Waals surface area contributed by atoms with Crippen LogP contribution in [0.3, 0.4) is 0 Å². The molecule has 10 heteroatoms. The summed E-state index contributed by atoms with van der Waals surface area (Å²) in [6.45, 7) is 2.64. The highest BCUT2D eigenvalue weighted by molar-refractivity contribution is 6.06. The lowest BCUT2D eigenvalue weighted by atomic mass is 10.2. The third kappa shape index (κ3) is 2.66. The van der Waals surface area contributed by atoms with Crippen molar-refractivity contribution in [3.63, 3.8) is 0 Å². The normalized spacial score (nSPS) is 11.2. The van der Waals surface area contributed by atoms with Gasteiger partial charge in [0.1, 0.15) is 11.2 Å². The van der Waals surface area contributed by atoms with Crippen molar-refractivity contribution in [1.82, 2.24) is 29.1 Å². The van der Waals surface area contributed by atoms with Crippen LogP contribution in [0.25, 0.3) is 22.1 Å². The van der Waals surface area contributed by atoms with Crippen molar-refractivity contribution >= 4 is 33.7 Å². The quantitative estimate of drug-likeness (QED) is 0.559. The summed E-state index contributed by atoms with van der Waals surface area (Å²) in [5.41, 5.74) is 1.54. The lowest BCUT2D eigenvalue weighted by Gasteiger charge is -2.09. The molecule has 0 saturated carbocycles. The maximum Gasteiger partial charge on any atom is 0.332 e. The zero-order chi connectivity index (χ0) is 20.0. The van der Waals surface area contributed by atoms with E-state index >= 15 is 0 Å². The molecule has 10 nitrogen and oxygen atoms in total. The van der Waals surface area contributed by atoms with Gasteiger partial charge in [0.05, 0.1) is 22.8 Å². The third-order valence-electron chi connectivity index (χ3n) is 4.63. The Balaban J connectivity index is 1.70. The number of anilines is 1. The van der Waals surface area contributed by atoms with E-state index in [1.165, 1.54) is 30.9 Å². The van der Waals surface area contributed by atoms with Crippen LogP contribution in [-0.2, 0) is 20.6 Å². The van der Waals surface area contributed by atoms with Crippen molar-refractivity contribution in [2.75, 3.05) is 5.32 Å². The molecule has 0 aliphatic carbocycles. The minimum Gasteiger partial charge on any atom is -0.321 e. The number of benzene rings is 1. The summed E-state index contributed by atoms with van der Waals surface area (Å²) < 4.78 is 4.03. The van der Waals surface area contributed by atoms with Crippen LogP contribution < -0.4 is 16.6 Å². The van der Waals surface area contributed by atoms with E-state index in [-0.39, 0.29) is 16.9 Å². The van der Waals surface area contributed by atoms with Crippen LogP contribution in [0.1, 0.15) is 17.3 Å². The van der Waals surface area contributed by atoms with Crippen molar-refractivity contribution in [3.8, 4) is 0 Å². The van der Waals surface area contributed by atoms with E-state index < -0.39 is 11.2 Å². The van der Waals surface area contributed by atoms with Crippen LogP contribution in [0, 0.1) is 0 Å². The van der Waals surface area contributed by atoms with Gasteiger partial charge < -0.3 is 5.32 Å². The number of nitrogens with one attached hydrogen (secondary N) is 1. The van der Waals surface area contributed by atoms with Gasteiger partial charge in [0.2, 0.25) is 0 Å². The molecule has 1 N–H and O–H groups in total. The Morgan fingerprint density at radius 3 is 2.68 bits per heavy atom. The van der Waals surface area contributed by atoms with Crippen molar-refractivity contribution in [2.24, 2.45) is 14.1 Å². The first-order valence-electron chi connectivity index (χ1n) is 8.61. The molecular weight excluding hydrogens is 362 g/mol. The molecule has 0 saturated heterocycles. The van der Waals surface area contributed by atoms with Gasteiger partial charge in [-0.05, 0) is 31.2 Å². The molecule has 0 aliphatic rings. The highest BCUT2D eigenvalue weighted by Gasteiger charge is 2.13. The van der Waals surface area contributed by atoms with Crippen molar-refractivity contribution < 1.29 is 4.79 Å². The van der Waals surface area contributed by atoms with Crippen molar-refractivity contribution in [2.45, 2.75) is 13.5 Å². The van der Waals surface area contributed by atoms with E-state index in [9.17, 15) is 14.4 Å². The molecule has 0 radical (unpaired) electrons. The third-order valence-corrected chi connectivity index (χ3v) is 4.63. The molecule has 0 aliphatic heterocycles. The van der Waals surface area contributed by atoms with Gasteiger partial charge in [-0.25, -0.2) is 14.5 Å². The summed E-state index contributed by atoms with van der Waals surface area (Å²) in [6, 6.07) is 6.64. The fraction of sp³-hybridized carbons (Fsp3) is 0.222. The summed E-state index contributed by atoms with van der Waals surface area (Å²) in [6.07, 6.45) is 1.41. The Morgan fingerprint density at radius 1 is 1.14 bits per heavy atom. The smallest absolute Gasteiger partial charge is 0.321 e. The number of carbonyl (C=O) groups is 1. The average Bonchev–Trinajstić information content (AvgIpc) is 3.13. The molecule has 4 aromatic rings. The lowest BCUT2D eigenvalue weighted by Crippen LogP contribution is -2.37. The van der Waals surface area contributed by atoms with Gasteiger partial charge in [-0.1, -0.05) is 5.21 Å². The summed E-state index contributed by atoms with van der Waals surface area (Å²) in [4.78, 5) is 41.1. The predicted octanol–water partition coefficient (Wildman–Crippen LogP) is 0.649. The van der Waals surface area contributed by atoms with Crippen LogP contribution >= 0.6 is 0 Å². The van der Waals surface area contributed by atoms with Crippen LogP contribution in [0.4, 0.5) is 5.69 Å². The van der Waals surface area contributed by atoms with Crippen LogP contribution in [0.5, 0.6) is 0 Å². The van der Waals surface area contributed by atoms with Gasteiger partial charge in [-0.2, -0.15) is 0 Å². The Morgan fingerprint density at radius 2 is 1.93 bits per heavy atom. The molecule has 1 aromatic carbocycles. The molecule has 0 unspecified atom stereocenters. The molecular formula is C18H17N7O3. The molecule has 1 amide bonds. The fourth-order valence-electron chi connectivity index (χ4n) is 3.08. The highest BCUT2D eigenvalue weighted by Crippen LogP contribution is 2.16. The number of amides is 1. The second-order valence-electron chi connectivity index (χ2n) is 6.36. The molecule has 0 fully saturated rings. The predicted molar refractivity (Wildman–Crippen MR) is 103 cm³/mol. The molecule has 3 heterocycles. The minimum atomic E-state index is -0.473. The maximum atomic E-state index is 12.6. The topological polar surface area (TPSA) is 117 Å². The average molecular weight is 379 g/mol. The van der Waals surface area contributed by atoms with Gasteiger partial charge in [0.25, 0.3) is 11.5 Å². The van der Waals surface area contributed by atoms with E-state index in [0.29, 0.717) is 23.3 Å². The molecule has 3 aromatic heterocycles. The van der Waals surface area contributed by atoms with Crippen LogP contribution in [0.15, 0.2) is 40.1 Å². The monoisotopic (exact) mass is 379 g/mol. The maximum absolute atomic E-state index is 12.6. The van der Waals surface area contributed by atoms with E-state index in [4.69, 9.17) is 0 Å². The Bertz CT molecular complexity index is 1360. The first kappa shape index (κ1) is 17.6. The van der Waals surface area contributed by atoms with Crippen LogP contribution in [0.2, 0.25) is 0 Å². The standard InChI is InChI=1S/C18H17N7O3/c1-4-25-14-6-5-10(7-13(14)21-22-25)16(26)20-11-8-12-15(19-9-11)23(2)18(28)24(3)17(12)27/h5-9H,4H2,1-3H3,(H,20,26). The van der Waals surface area contributed by atoms with E-state index in [0.717, 1.165) is 10.1 Å². The largest absolute Gasteiger partial charge is 0.332 e. The molecule has 0 atom stereocenters. The summed E-state index contributed by atoms with van der Waals surface area (Å²) in [5, 5.41) is 11.1. The first-order chi connectivity index (χ1) is 13.4. The van der Waals surface area contributed by atoms with E-state index in [2.05, 4.69) is 20.6 Å². The highest BCUT2D eigenvalue weighted by atomic mass is 16.2. The van der Waals surface area contributed by atoms with Gasteiger partial charge in [0.15, 0.2) is 0 Å². The number of aryl methyl sites for hydroxylation is 2. The summed E-state index contributed by atoms with van der Waals surface area (Å²) in [5.74, 6) is -0.365. The van der Waals surface area contributed by atoms with Crippen molar-refractivity contribution in [3.05, 3.63) is 56.9 Å². The number of carbonyl (C=O) groups excluding carboxylic acids is 1. The Kier molecular flexibility index (Phi) is 4.03. The fourth-order valence-corrected chi connectivity index (χ4v) is 3.08. The lowest BCUT2D eigenvalue weighted by molar-refractivity contribution is 0.102. The van der Waals surface area contributed by atoms with E-state index in [1.807, 2.05) is 6.92 Å². The number of pyridine rings is 1. The second-order valence-corrected chi connectivity index (χ2v) is 6.36. The Hall–Kier alpha value is -3.82. The number of hydrogen-bond acceptors (Lipinski definition) is 6. The zero-order valence-corrected chi connectivity index (χ0v) is 15.5. The summed E-state index contributed by atoms with van der Waals surface area (Å²) >= 11 is 0. The van der Waals surface area contributed by atoms with Gasteiger partial charge >= 0.3 is 5.69 Å². The SMILES string of the molecule is CCn1nnc2cc(C(=O)Nc3cnc4c(c3)c(=O)n(C)c(=O)n4C)ccc21. The Labute approximate surface area is 158 Å². The molecule has 0 spiro atoms. The van der Waals surface area contributed by atoms with E-state index in [1.54, 1.807) is 22.9 Å². The molecule has 28 heavy (non-hydrogen) atoms. The number of hydrogen-bond donors (Lipinski definition) is 1. The number of rotatable bonds is 3. The number of aromatic nitrogens is 6. The van der Waals surface area contributed by atoms with Gasteiger partial charge in [-0.15, -0.1) is 5.10 Å². The minimum absolute atomic E-state index is 0.240. The summed E-state index contributed by atoms with van der Waals surface area (Å²) in [7, 11) is 2.93. The number of fused-ring (bicyclic) bond motifs is 2. The second kappa shape index (κ2) is 6.41. The number of nitrogens with zero attached hydrogens (tertiary/aromatic N) is 6. The van der Waals surface area contributed by atoms with Gasteiger partial charge in [-0.3, -0.25) is 18.7 Å². The van der Waals surface area contributed by atoms with Gasteiger partial charge in [0, 0.05) is 26.2 Å². The molecule has 4 rings (SSSR count). The first-order valence-corrected chi connectivity index (χ1v) is 8.61. The van der Waals surface area contributed by atoms with Crippen molar-refractivity contribution in [1.29, 1.82) is 0 Å². The molecule has 0 bridgehead atoms. The van der Waals surface area contributed by atoms with Crippen LogP contribution in [-0.4, -0.2) is 35.0 Å². The zero-order valence-electron chi connectivity index (χ0n) is 15.5.